The predicted octanol–water partition coefficient (Wildman–Crippen LogP) is 3.76. The van der Waals surface area contributed by atoms with E-state index in [-0.39, 0.29) is 7.69 Å². The van der Waals surface area contributed by atoms with Crippen molar-refractivity contribution in [3.63, 3.8) is 0 Å². The zero-order chi connectivity index (χ0) is 15.4. The summed E-state index contributed by atoms with van der Waals surface area (Å²) in [7, 11) is 0. The van der Waals surface area contributed by atoms with Crippen molar-refractivity contribution in [3.8, 4) is 11.1 Å². The normalized spacial score (nSPS) is 10.3. The summed E-state index contributed by atoms with van der Waals surface area (Å²) in [6, 6.07) is 23.1. The van der Waals surface area contributed by atoms with Crippen LogP contribution < -0.4 is 0 Å². The fraction of sp³-hybridized carbons (Fsp3) is 0. The summed E-state index contributed by atoms with van der Waals surface area (Å²) in [5.74, 6) is 0. The van der Waals surface area contributed by atoms with Crippen LogP contribution in [0.5, 0.6) is 0 Å². The Morgan fingerprint density at radius 2 is 1.32 bits per heavy atom. The minimum Gasteiger partial charge on any atom is -0.464 e. The summed E-state index contributed by atoms with van der Waals surface area (Å²) in [6.07, 6.45) is 1.75. The molecule has 3 nitrogen and oxygen atoms in total. The second-order valence-electron chi connectivity index (χ2n) is 4.78. The van der Waals surface area contributed by atoms with Crippen LogP contribution in [-0.4, -0.2) is 17.7 Å². The van der Waals surface area contributed by atoms with Gasteiger partial charge in [-0.2, -0.15) is 0 Å². The second-order valence-corrected chi connectivity index (χ2v) is 4.78. The van der Waals surface area contributed by atoms with Gasteiger partial charge in [-0.1, -0.05) is 54.6 Å². The van der Waals surface area contributed by atoms with Crippen molar-refractivity contribution < 1.29 is 14.5 Å². The molecule has 0 aliphatic rings. The molecule has 0 fully saturated rings. The molecule has 1 radical (unpaired) electrons. The molecule has 0 bridgehead atoms. The van der Waals surface area contributed by atoms with Crippen LogP contribution in [0.2, 0.25) is 0 Å². The van der Waals surface area contributed by atoms with Gasteiger partial charge in [0, 0.05) is 5.39 Å². The first-order chi connectivity index (χ1) is 10.8. The summed E-state index contributed by atoms with van der Waals surface area (Å²) in [6.45, 7) is 0. The van der Waals surface area contributed by atoms with E-state index in [1.165, 1.54) is 27.3 Å². The third-order valence-corrected chi connectivity index (χ3v) is 3.58. The van der Waals surface area contributed by atoms with Crippen molar-refractivity contribution in [2.75, 3.05) is 0 Å². The standard InChI is InChI=1S/C18H12O.BH2O2/c1-2-7-14-13(5-1)6-3-8-15(14)16-9-4-10-18-17(16)11-12-19-18;2-1-3/h1-12H;2-3H. The molecule has 3 aromatic carbocycles. The van der Waals surface area contributed by atoms with E-state index in [2.05, 4.69) is 48.5 Å². The summed E-state index contributed by atoms with van der Waals surface area (Å²) < 4.78 is 5.49. The van der Waals surface area contributed by atoms with Crippen molar-refractivity contribution in [2.24, 2.45) is 0 Å². The van der Waals surface area contributed by atoms with E-state index in [1.54, 1.807) is 6.26 Å². The van der Waals surface area contributed by atoms with Gasteiger partial charge in [0.05, 0.1) is 6.26 Å². The lowest BCUT2D eigenvalue weighted by molar-refractivity contribution is 0.448. The molecule has 0 amide bonds. The largest absolute Gasteiger partial charge is 0.482 e. The van der Waals surface area contributed by atoms with Gasteiger partial charge in [0.25, 0.3) is 0 Å². The number of furan rings is 1. The van der Waals surface area contributed by atoms with Crippen molar-refractivity contribution in [2.45, 2.75) is 0 Å². The van der Waals surface area contributed by atoms with Crippen LogP contribution in [0.3, 0.4) is 0 Å². The van der Waals surface area contributed by atoms with Gasteiger partial charge in [0.2, 0.25) is 0 Å². The van der Waals surface area contributed by atoms with E-state index < -0.39 is 0 Å². The van der Waals surface area contributed by atoms with Gasteiger partial charge < -0.3 is 14.5 Å². The topological polar surface area (TPSA) is 53.6 Å². The van der Waals surface area contributed by atoms with Gasteiger partial charge in [-0.15, -0.1) is 0 Å². The average molecular weight is 289 g/mol. The predicted molar refractivity (Wildman–Crippen MR) is 89.3 cm³/mol. The van der Waals surface area contributed by atoms with Gasteiger partial charge in [0.15, 0.2) is 0 Å². The maximum Gasteiger partial charge on any atom is 0.482 e. The first-order valence-electron chi connectivity index (χ1n) is 6.89. The fourth-order valence-corrected chi connectivity index (χ4v) is 2.69. The zero-order valence-corrected chi connectivity index (χ0v) is 11.8. The van der Waals surface area contributed by atoms with Gasteiger partial charge in [0.1, 0.15) is 5.58 Å². The van der Waals surface area contributed by atoms with E-state index in [9.17, 15) is 0 Å². The molecule has 22 heavy (non-hydrogen) atoms. The fourth-order valence-electron chi connectivity index (χ4n) is 2.69. The molecule has 4 rings (SSSR count). The minimum atomic E-state index is 0. The Morgan fingerprint density at radius 3 is 2.14 bits per heavy atom. The molecule has 0 aliphatic carbocycles. The highest BCUT2D eigenvalue weighted by Crippen LogP contribution is 2.33. The van der Waals surface area contributed by atoms with Crippen LogP contribution in [0.1, 0.15) is 0 Å². The Morgan fingerprint density at radius 1 is 0.682 bits per heavy atom. The highest BCUT2D eigenvalue weighted by atomic mass is 16.4. The Balaban J connectivity index is 0.000000446. The van der Waals surface area contributed by atoms with Crippen LogP contribution in [-0.2, 0) is 0 Å². The van der Waals surface area contributed by atoms with Crippen LogP contribution in [0.4, 0.5) is 0 Å². The first kappa shape index (κ1) is 14.4. The summed E-state index contributed by atoms with van der Waals surface area (Å²) in [5.41, 5.74) is 3.42. The van der Waals surface area contributed by atoms with Crippen molar-refractivity contribution in [1.82, 2.24) is 0 Å². The lowest BCUT2D eigenvalue weighted by Gasteiger charge is -2.07. The van der Waals surface area contributed by atoms with Crippen LogP contribution in [0.25, 0.3) is 32.9 Å². The van der Waals surface area contributed by atoms with Gasteiger partial charge in [-0.05, 0) is 34.0 Å². The quantitative estimate of drug-likeness (QED) is 0.525. The Labute approximate surface area is 128 Å². The summed E-state index contributed by atoms with van der Waals surface area (Å²) in [5, 5.41) is 17.7. The molecule has 107 valence electrons. The lowest BCUT2D eigenvalue weighted by Crippen LogP contribution is -1.81. The number of hydrogen-bond donors (Lipinski definition) is 2. The SMILES string of the molecule is O[B]O.c1ccc2c(-c3cccc4occc34)cccc2c1. The molecule has 0 atom stereocenters. The molecular formula is C18H14BO3. The highest BCUT2D eigenvalue weighted by molar-refractivity contribution is 6.13. The third kappa shape index (κ3) is 2.62. The Bertz CT molecular complexity index is 894. The molecule has 1 heterocycles. The summed E-state index contributed by atoms with van der Waals surface area (Å²) >= 11 is 0. The number of hydrogen-bond acceptors (Lipinski definition) is 3. The molecule has 0 saturated heterocycles. The molecule has 4 heteroatoms. The maximum atomic E-state index is 7.00. The highest BCUT2D eigenvalue weighted by Gasteiger charge is 2.08. The van der Waals surface area contributed by atoms with E-state index in [0.717, 1.165) is 5.58 Å². The Kier molecular flexibility index (Phi) is 4.23. The molecule has 4 aromatic rings. The second kappa shape index (κ2) is 6.47. The molecule has 0 aliphatic heterocycles. The van der Waals surface area contributed by atoms with Gasteiger partial charge in [-0.3, -0.25) is 0 Å². The van der Waals surface area contributed by atoms with Crippen LogP contribution in [0, 0.1) is 0 Å². The number of fused-ring (bicyclic) bond motifs is 2. The summed E-state index contributed by atoms with van der Waals surface area (Å²) in [4.78, 5) is 0. The van der Waals surface area contributed by atoms with E-state index in [0.29, 0.717) is 0 Å². The molecular weight excluding hydrogens is 275 g/mol. The van der Waals surface area contributed by atoms with Crippen molar-refractivity contribution in [3.05, 3.63) is 73.0 Å². The monoisotopic (exact) mass is 289 g/mol. The smallest absolute Gasteiger partial charge is 0.464 e. The number of benzene rings is 3. The lowest BCUT2D eigenvalue weighted by atomic mass is 9.96. The van der Waals surface area contributed by atoms with Crippen molar-refractivity contribution in [1.29, 1.82) is 0 Å². The van der Waals surface area contributed by atoms with Crippen molar-refractivity contribution >= 4 is 29.4 Å². The Hall–Kier alpha value is -2.56. The van der Waals surface area contributed by atoms with Gasteiger partial charge >= 0.3 is 7.69 Å². The van der Waals surface area contributed by atoms with Gasteiger partial charge in [-0.25, -0.2) is 0 Å². The average Bonchev–Trinajstić information content (AvgIpc) is 3.04. The van der Waals surface area contributed by atoms with E-state index in [4.69, 9.17) is 14.5 Å². The molecule has 2 N–H and O–H groups in total. The third-order valence-electron chi connectivity index (χ3n) is 3.58. The minimum absolute atomic E-state index is 0. The zero-order valence-electron chi connectivity index (χ0n) is 11.8. The molecule has 0 unspecified atom stereocenters. The van der Waals surface area contributed by atoms with Crippen LogP contribution in [0.15, 0.2) is 77.4 Å². The maximum absolute atomic E-state index is 7.00. The molecule has 1 aromatic heterocycles. The van der Waals surface area contributed by atoms with E-state index >= 15 is 0 Å². The van der Waals surface area contributed by atoms with Crippen LogP contribution >= 0.6 is 0 Å². The van der Waals surface area contributed by atoms with E-state index in [1.807, 2.05) is 18.2 Å². The number of rotatable bonds is 1. The first-order valence-corrected chi connectivity index (χ1v) is 6.89. The molecule has 0 saturated carbocycles. The molecule has 0 spiro atoms.